The van der Waals surface area contributed by atoms with E-state index in [0.29, 0.717) is 11.8 Å². The number of thiazole rings is 1. The van der Waals surface area contributed by atoms with Crippen molar-refractivity contribution in [3.8, 4) is 0 Å². The summed E-state index contributed by atoms with van der Waals surface area (Å²) in [5.41, 5.74) is 9.25. The topological polar surface area (TPSA) is 84.4 Å². The molecule has 5 nitrogen and oxygen atoms in total. The summed E-state index contributed by atoms with van der Waals surface area (Å²) in [6.07, 6.45) is 6.48. The van der Waals surface area contributed by atoms with Crippen molar-refractivity contribution in [3.05, 3.63) is 29.0 Å². The van der Waals surface area contributed by atoms with Gasteiger partial charge in [-0.2, -0.15) is 0 Å². The van der Waals surface area contributed by atoms with E-state index in [-0.39, 0.29) is 12.6 Å². The van der Waals surface area contributed by atoms with Gasteiger partial charge in [0.05, 0.1) is 22.5 Å². The first-order valence-electron chi connectivity index (χ1n) is 7.91. The molecule has 1 fully saturated rings. The molecule has 122 valence electrons. The molecule has 2 heterocycles. The van der Waals surface area contributed by atoms with E-state index in [2.05, 4.69) is 9.97 Å². The van der Waals surface area contributed by atoms with Gasteiger partial charge in [-0.15, -0.1) is 11.3 Å². The normalized spacial score (nSPS) is 21.8. The number of allylic oxidation sites excluding steroid dienone is 1. The molecule has 2 aromatic heterocycles. The van der Waals surface area contributed by atoms with Gasteiger partial charge in [0.15, 0.2) is 0 Å². The SMILES string of the molecule is CC(C)=C(C(N)=N[C@H]1CC[C@@H](CO)C1)c1nc2cnccc2s1. The van der Waals surface area contributed by atoms with Crippen LogP contribution in [0.4, 0.5) is 0 Å². The van der Waals surface area contributed by atoms with Crippen LogP contribution in [0.15, 0.2) is 29.0 Å². The summed E-state index contributed by atoms with van der Waals surface area (Å²) in [6.45, 7) is 4.31. The molecule has 0 aliphatic heterocycles. The Balaban J connectivity index is 1.91. The molecule has 2 aromatic rings. The lowest BCUT2D eigenvalue weighted by atomic mass is 10.1. The second kappa shape index (κ2) is 6.76. The molecule has 3 rings (SSSR count). The minimum absolute atomic E-state index is 0.206. The monoisotopic (exact) mass is 330 g/mol. The van der Waals surface area contributed by atoms with E-state index in [0.717, 1.165) is 45.6 Å². The number of aliphatic imine (C=N–C) groups is 1. The number of amidine groups is 1. The highest BCUT2D eigenvalue weighted by atomic mass is 32.1. The fraction of sp³-hybridized carbons (Fsp3) is 0.471. The average molecular weight is 330 g/mol. The quantitative estimate of drug-likeness (QED) is 0.666. The average Bonchev–Trinajstić information content (AvgIpc) is 3.12. The highest BCUT2D eigenvalue weighted by Crippen LogP contribution is 2.31. The van der Waals surface area contributed by atoms with Crippen LogP contribution in [0.5, 0.6) is 0 Å². The van der Waals surface area contributed by atoms with Gasteiger partial charge in [0.1, 0.15) is 16.4 Å². The number of aliphatic hydroxyl groups excluding tert-OH is 1. The Bertz CT molecular complexity index is 728. The molecule has 0 amide bonds. The van der Waals surface area contributed by atoms with E-state index in [1.54, 1.807) is 23.7 Å². The second-order valence-electron chi connectivity index (χ2n) is 6.27. The predicted molar refractivity (Wildman–Crippen MR) is 95.5 cm³/mol. The summed E-state index contributed by atoms with van der Waals surface area (Å²) in [6, 6.07) is 2.17. The van der Waals surface area contributed by atoms with Gasteiger partial charge in [-0.1, -0.05) is 5.57 Å². The van der Waals surface area contributed by atoms with E-state index in [1.165, 1.54) is 0 Å². The molecule has 0 saturated heterocycles. The third-order valence-electron chi connectivity index (χ3n) is 4.25. The number of nitrogens with two attached hydrogens (primary N) is 1. The van der Waals surface area contributed by atoms with Crippen LogP contribution >= 0.6 is 11.3 Å². The third kappa shape index (κ3) is 3.43. The fourth-order valence-corrected chi connectivity index (χ4v) is 4.15. The first-order chi connectivity index (χ1) is 11.1. The number of aromatic nitrogens is 2. The molecule has 0 spiro atoms. The molecule has 0 unspecified atom stereocenters. The van der Waals surface area contributed by atoms with E-state index < -0.39 is 0 Å². The molecule has 6 heteroatoms. The minimum Gasteiger partial charge on any atom is -0.396 e. The van der Waals surface area contributed by atoms with Crippen molar-refractivity contribution in [2.75, 3.05) is 6.61 Å². The van der Waals surface area contributed by atoms with Crippen LogP contribution in [-0.2, 0) is 0 Å². The van der Waals surface area contributed by atoms with Gasteiger partial charge in [-0.05, 0) is 45.1 Å². The maximum absolute atomic E-state index is 9.27. The van der Waals surface area contributed by atoms with Crippen molar-refractivity contribution in [1.82, 2.24) is 9.97 Å². The Morgan fingerprint density at radius 1 is 1.43 bits per heavy atom. The minimum atomic E-state index is 0.206. The lowest BCUT2D eigenvalue weighted by molar-refractivity contribution is 0.229. The highest BCUT2D eigenvalue weighted by molar-refractivity contribution is 7.19. The van der Waals surface area contributed by atoms with Gasteiger partial charge in [-0.3, -0.25) is 9.98 Å². The molecular formula is C17H22N4OS. The Kier molecular flexibility index (Phi) is 4.73. The zero-order valence-corrected chi connectivity index (χ0v) is 14.3. The largest absolute Gasteiger partial charge is 0.396 e. The molecule has 1 saturated carbocycles. The smallest absolute Gasteiger partial charge is 0.128 e. The zero-order chi connectivity index (χ0) is 16.4. The third-order valence-corrected chi connectivity index (χ3v) is 5.31. The van der Waals surface area contributed by atoms with Crippen LogP contribution < -0.4 is 5.73 Å². The first kappa shape index (κ1) is 16.1. The van der Waals surface area contributed by atoms with E-state index >= 15 is 0 Å². The van der Waals surface area contributed by atoms with Crippen molar-refractivity contribution < 1.29 is 5.11 Å². The number of rotatable bonds is 4. The Morgan fingerprint density at radius 2 is 2.26 bits per heavy atom. The number of aliphatic hydroxyl groups is 1. The summed E-state index contributed by atoms with van der Waals surface area (Å²) in [5, 5.41) is 10.2. The molecule has 0 bridgehead atoms. The molecule has 1 aliphatic carbocycles. The highest BCUT2D eigenvalue weighted by Gasteiger charge is 2.24. The van der Waals surface area contributed by atoms with Gasteiger partial charge in [0, 0.05) is 12.8 Å². The first-order valence-corrected chi connectivity index (χ1v) is 8.73. The van der Waals surface area contributed by atoms with Crippen LogP contribution in [0.2, 0.25) is 0 Å². The number of hydrogen-bond acceptors (Lipinski definition) is 5. The maximum atomic E-state index is 9.27. The molecule has 3 N–H and O–H groups in total. The Hall–Kier alpha value is -1.79. The summed E-state index contributed by atoms with van der Waals surface area (Å²) < 4.78 is 1.10. The number of fused-ring (bicyclic) bond motifs is 1. The fourth-order valence-electron chi connectivity index (χ4n) is 3.06. The van der Waals surface area contributed by atoms with Crippen LogP contribution in [0.3, 0.4) is 0 Å². The molecule has 1 aliphatic rings. The van der Waals surface area contributed by atoms with Gasteiger partial charge < -0.3 is 10.8 Å². The van der Waals surface area contributed by atoms with Crippen molar-refractivity contribution in [1.29, 1.82) is 0 Å². The van der Waals surface area contributed by atoms with Gasteiger partial charge in [0.25, 0.3) is 0 Å². The summed E-state index contributed by atoms with van der Waals surface area (Å²) >= 11 is 1.62. The summed E-state index contributed by atoms with van der Waals surface area (Å²) in [7, 11) is 0. The lowest BCUT2D eigenvalue weighted by Crippen LogP contribution is -2.18. The second-order valence-corrected chi connectivity index (χ2v) is 7.30. The van der Waals surface area contributed by atoms with E-state index in [4.69, 9.17) is 10.7 Å². The van der Waals surface area contributed by atoms with Gasteiger partial charge in [-0.25, -0.2) is 4.98 Å². The number of nitrogens with zero attached hydrogens (tertiary/aromatic N) is 3. The molecule has 23 heavy (non-hydrogen) atoms. The predicted octanol–water partition coefficient (Wildman–Crippen LogP) is 3.00. The van der Waals surface area contributed by atoms with Crippen molar-refractivity contribution in [2.24, 2.45) is 16.6 Å². The Labute approximate surface area is 140 Å². The standard InChI is InChI=1S/C17H22N4OS/c1-10(2)15(16(18)20-12-4-3-11(7-12)9-22)17-21-13-8-19-6-5-14(13)23-17/h5-6,8,11-12,22H,3-4,7,9H2,1-2H3,(H2,18,20)/t11-,12+/m1/s1. The van der Waals surface area contributed by atoms with Crippen LogP contribution in [0.1, 0.15) is 38.1 Å². The van der Waals surface area contributed by atoms with Gasteiger partial charge in [0.2, 0.25) is 0 Å². The lowest BCUT2D eigenvalue weighted by Gasteiger charge is -2.10. The van der Waals surface area contributed by atoms with Crippen molar-refractivity contribution >= 4 is 33.0 Å². The number of hydrogen-bond donors (Lipinski definition) is 2. The van der Waals surface area contributed by atoms with E-state index in [1.807, 2.05) is 19.9 Å². The van der Waals surface area contributed by atoms with Crippen molar-refractivity contribution in [2.45, 2.75) is 39.2 Å². The molecule has 2 atom stereocenters. The summed E-state index contributed by atoms with van der Waals surface area (Å²) in [4.78, 5) is 13.5. The van der Waals surface area contributed by atoms with Crippen LogP contribution in [-0.4, -0.2) is 33.6 Å². The summed E-state index contributed by atoms with van der Waals surface area (Å²) in [5.74, 6) is 0.917. The zero-order valence-electron chi connectivity index (χ0n) is 13.5. The maximum Gasteiger partial charge on any atom is 0.128 e. The number of pyridine rings is 1. The van der Waals surface area contributed by atoms with Crippen LogP contribution in [0.25, 0.3) is 15.8 Å². The van der Waals surface area contributed by atoms with E-state index in [9.17, 15) is 5.11 Å². The molecule has 0 aromatic carbocycles. The molecular weight excluding hydrogens is 308 g/mol. The van der Waals surface area contributed by atoms with Crippen molar-refractivity contribution in [3.63, 3.8) is 0 Å². The van der Waals surface area contributed by atoms with Crippen LogP contribution in [0, 0.1) is 5.92 Å². The Morgan fingerprint density at radius 3 is 2.91 bits per heavy atom. The molecule has 0 radical (unpaired) electrons. The van der Waals surface area contributed by atoms with Gasteiger partial charge >= 0.3 is 0 Å².